The van der Waals surface area contributed by atoms with Gasteiger partial charge in [0, 0.05) is 25.4 Å². The van der Waals surface area contributed by atoms with Crippen molar-refractivity contribution in [2.24, 2.45) is 0 Å². The summed E-state index contributed by atoms with van der Waals surface area (Å²) in [6.45, 7) is 0. The summed E-state index contributed by atoms with van der Waals surface area (Å²) in [6, 6.07) is 0. The molecule has 0 heterocycles. The summed E-state index contributed by atoms with van der Waals surface area (Å²) in [7, 11) is -0.345. The van der Waals surface area contributed by atoms with Gasteiger partial charge in [0.1, 0.15) is 0 Å². The minimum absolute atomic E-state index is 0. The van der Waals surface area contributed by atoms with E-state index in [1.807, 2.05) is 22.0 Å². The second-order valence-electron chi connectivity index (χ2n) is 0.189. The molecule has 0 spiro atoms. The molecule has 0 bridgehead atoms. The fourth-order valence-electron chi connectivity index (χ4n) is 0. The predicted octanol–water partition coefficient (Wildman–Crippen LogP) is 2.49. The minimum Gasteiger partial charge on any atom is -0.225 e. The smallest absolute Gasteiger partial charge is 0.0982 e. The number of halogens is 2. The average molecular weight is 275 g/mol. The Hall–Kier alpha value is 2.14. The van der Waals surface area contributed by atoms with Crippen LogP contribution in [0.5, 0.6) is 0 Å². The average Bonchev–Trinajstić information content (AvgIpc) is 1.37. The molecule has 0 amide bonds. The first kappa shape index (κ1) is 10.2. The maximum Gasteiger partial charge on any atom is 0.0982 e. The zero-order chi connectivity index (χ0) is 3.41. The number of hydrogen-bond donors (Lipinski definition) is 0. The van der Waals surface area contributed by atoms with Gasteiger partial charge in [0.25, 0.3) is 0 Å². The molecule has 0 saturated heterocycles. The van der Waals surface area contributed by atoms with E-state index in [4.69, 9.17) is 0 Å². The third kappa shape index (κ3) is 10.7. The minimum atomic E-state index is -0.345. The van der Waals surface area contributed by atoms with Crippen molar-refractivity contribution in [2.45, 2.75) is 0 Å². The van der Waals surface area contributed by atoms with Crippen LogP contribution in [0.2, 0.25) is 0 Å². The van der Waals surface area contributed by atoms with E-state index in [0.29, 0.717) is 5.91 Å². The molecule has 0 aliphatic rings. The van der Waals surface area contributed by atoms with Crippen molar-refractivity contribution in [3.63, 3.8) is 0 Å². The quantitative estimate of drug-likeness (QED) is 0.392. The first-order valence-corrected chi connectivity index (χ1v) is 6.62. The van der Waals surface area contributed by atoms with Gasteiger partial charge in [0.2, 0.25) is 0 Å². The monoisotopic (exact) mass is 274 g/mol. The molecule has 0 aliphatic carbocycles. The third-order valence-electron chi connectivity index (χ3n) is 0.0357. The predicted molar refractivity (Wildman–Crippen MR) is 31.8 cm³/mol. The molecule has 5 heteroatoms. The Bertz CT molecular complexity index is 11.6. The van der Waals surface area contributed by atoms with Gasteiger partial charge in [-0.3, -0.25) is 0 Å². The Morgan fingerprint density at radius 1 is 1.60 bits per heavy atom. The van der Waals surface area contributed by atoms with Gasteiger partial charge in [-0.2, -0.15) is 0 Å². The van der Waals surface area contributed by atoms with Crippen LogP contribution in [0.1, 0.15) is 0 Å². The van der Waals surface area contributed by atoms with Gasteiger partial charge in [-0.15, -0.1) is 0 Å². The van der Waals surface area contributed by atoms with E-state index in [-0.39, 0.29) is 28.1 Å². The van der Waals surface area contributed by atoms with E-state index < -0.39 is 0 Å². The summed E-state index contributed by atoms with van der Waals surface area (Å²) in [6.07, 6.45) is 0. The molecule has 0 saturated carbocycles. The summed E-state index contributed by atoms with van der Waals surface area (Å²) in [4.78, 5) is 0. The molecule has 0 rings (SSSR count). The first-order valence-electron chi connectivity index (χ1n) is 0.628. The van der Waals surface area contributed by atoms with E-state index in [1.54, 1.807) is 0 Å². The molecule has 0 nitrogen and oxygen atoms in total. The summed E-state index contributed by atoms with van der Waals surface area (Å²) < 4.78 is 10.8. The molecule has 2 unspecified atom stereocenters. The zero-order valence-corrected chi connectivity index (χ0v) is 9.59. The van der Waals surface area contributed by atoms with Gasteiger partial charge in [0.05, 0.1) is 8.58 Å². The van der Waals surface area contributed by atoms with Gasteiger partial charge in [-0.05, 0) is 22.0 Å². The van der Waals surface area contributed by atoms with Gasteiger partial charge in [-0.25, -0.2) is 4.20 Å². The van der Waals surface area contributed by atoms with Crippen molar-refractivity contribution >= 4 is 36.5 Å². The molecule has 0 aromatic rings. The van der Waals surface area contributed by atoms with Crippen LogP contribution in [0.15, 0.2) is 0 Å². The molecule has 5 heavy (non-hydrogen) atoms. The maximum atomic E-state index is 10.8. The molecule has 0 aromatic heterocycles. The van der Waals surface area contributed by atoms with Crippen molar-refractivity contribution in [1.29, 1.82) is 0 Å². The molecule has 0 radical (unpaired) electrons. The van der Waals surface area contributed by atoms with E-state index in [9.17, 15) is 4.20 Å². The third-order valence-corrected chi connectivity index (χ3v) is 2.16. The Morgan fingerprint density at radius 3 is 1.80 bits per heavy atom. The Labute approximate surface area is 59.9 Å². The van der Waals surface area contributed by atoms with Crippen LogP contribution in [0.4, 0.5) is 4.20 Å². The van der Waals surface area contributed by atoms with E-state index >= 15 is 0 Å². The second-order valence-corrected chi connectivity index (χ2v) is 6.56. The summed E-state index contributed by atoms with van der Waals surface area (Å²) >= 11 is 2.02. The fourth-order valence-corrected chi connectivity index (χ4v) is 0. The van der Waals surface area contributed by atoms with Crippen LogP contribution in [-0.2, 0) is 19.5 Å². The van der Waals surface area contributed by atoms with Crippen molar-refractivity contribution in [1.82, 2.24) is 0 Å². The van der Waals surface area contributed by atoms with Crippen LogP contribution in [-0.4, -0.2) is 0 Å². The van der Waals surface area contributed by atoms with Crippen molar-refractivity contribution < 1.29 is 23.7 Å². The largest absolute Gasteiger partial charge is 0.225 e. The maximum absolute atomic E-state index is 10.8. The van der Waals surface area contributed by atoms with Crippen LogP contribution < -0.4 is 0 Å². The normalized spacial score (nSPS) is 10.8. The SMILES string of the molecule is FPPI.[Zn]. The topological polar surface area (TPSA) is 0 Å². The van der Waals surface area contributed by atoms with Gasteiger partial charge in [-0.1, -0.05) is 0 Å². The molecule has 28 valence electrons. The molecule has 0 aliphatic heterocycles. The Kier molecular flexibility index (Phi) is 19.3. The summed E-state index contributed by atoms with van der Waals surface area (Å²) in [5.74, 6) is 0.472. The Morgan fingerprint density at radius 2 is 1.80 bits per heavy atom. The Balaban J connectivity index is 0. The second kappa shape index (κ2) is 9.47. The molecular weight excluding hydrogens is 273 g/mol. The van der Waals surface area contributed by atoms with Gasteiger partial charge >= 0.3 is 0 Å². The van der Waals surface area contributed by atoms with Crippen molar-refractivity contribution in [2.75, 3.05) is 0 Å². The number of hydrogen-bond acceptors (Lipinski definition) is 0. The zero-order valence-electron chi connectivity index (χ0n) is 2.46. The summed E-state index contributed by atoms with van der Waals surface area (Å²) in [5.41, 5.74) is 0. The standard InChI is InChI=1S/FH2IP2.Zn/c1-3-4-2;/h3-4H;. The molecule has 0 aromatic carbocycles. The van der Waals surface area contributed by atoms with Gasteiger partial charge in [0.15, 0.2) is 0 Å². The van der Waals surface area contributed by atoms with Gasteiger partial charge < -0.3 is 0 Å². The van der Waals surface area contributed by atoms with Crippen LogP contribution in [0.3, 0.4) is 0 Å². The fraction of sp³-hybridized carbons (Fsp3) is 0. The first-order chi connectivity index (χ1) is 1.91. The van der Waals surface area contributed by atoms with E-state index in [2.05, 4.69) is 0 Å². The number of rotatable bonds is 1. The van der Waals surface area contributed by atoms with E-state index in [0.717, 1.165) is 0 Å². The molecule has 0 fully saturated rings. The molecular formula is H2FIP2Zn. The van der Waals surface area contributed by atoms with E-state index in [1.165, 1.54) is 0 Å². The van der Waals surface area contributed by atoms with Crippen LogP contribution in [0, 0.1) is 0 Å². The summed E-state index contributed by atoms with van der Waals surface area (Å²) in [5, 5.41) is 0. The van der Waals surface area contributed by atoms with Crippen molar-refractivity contribution in [3.8, 4) is 0 Å². The molecule has 2 atom stereocenters. The molecule has 0 N–H and O–H groups in total. The van der Waals surface area contributed by atoms with Crippen LogP contribution >= 0.6 is 36.5 Å². The van der Waals surface area contributed by atoms with Crippen molar-refractivity contribution in [3.05, 3.63) is 0 Å². The van der Waals surface area contributed by atoms with Crippen LogP contribution in [0.25, 0.3) is 0 Å².